The minimum absolute atomic E-state index is 0.176. The number of rotatable bonds is 2. The van der Waals surface area contributed by atoms with E-state index in [1.807, 2.05) is 25.1 Å². The molecule has 1 unspecified atom stereocenters. The van der Waals surface area contributed by atoms with Crippen molar-refractivity contribution in [1.29, 1.82) is 0 Å². The molecule has 0 aliphatic carbocycles. The van der Waals surface area contributed by atoms with E-state index in [2.05, 4.69) is 0 Å². The lowest BCUT2D eigenvalue weighted by Crippen LogP contribution is -2.01. The molecule has 17 heavy (non-hydrogen) atoms. The number of hydrogen-bond donors (Lipinski definition) is 0. The van der Waals surface area contributed by atoms with Crippen molar-refractivity contribution in [3.8, 4) is 5.75 Å². The molecule has 3 rings (SSSR count). The predicted octanol–water partition coefficient (Wildman–Crippen LogP) is 3.23. The van der Waals surface area contributed by atoms with Crippen LogP contribution in [0.25, 0.3) is 10.8 Å². The van der Waals surface area contributed by atoms with E-state index in [4.69, 9.17) is 9.47 Å². The third-order valence-corrected chi connectivity index (χ3v) is 3.33. The van der Waals surface area contributed by atoms with Gasteiger partial charge in [0.25, 0.3) is 0 Å². The first kappa shape index (κ1) is 10.5. The van der Waals surface area contributed by atoms with Gasteiger partial charge in [-0.05, 0) is 30.0 Å². The van der Waals surface area contributed by atoms with E-state index in [0.29, 0.717) is 5.39 Å². The molecule has 2 nitrogen and oxygen atoms in total. The van der Waals surface area contributed by atoms with E-state index in [1.165, 1.54) is 7.11 Å². The van der Waals surface area contributed by atoms with Crippen molar-refractivity contribution in [1.82, 2.24) is 0 Å². The zero-order chi connectivity index (χ0) is 12.0. The molecule has 0 aromatic heterocycles. The summed E-state index contributed by atoms with van der Waals surface area (Å²) < 4.78 is 24.3. The van der Waals surface area contributed by atoms with Crippen LogP contribution < -0.4 is 4.74 Å². The molecule has 2 aromatic carbocycles. The topological polar surface area (TPSA) is 21.8 Å². The van der Waals surface area contributed by atoms with Gasteiger partial charge in [-0.2, -0.15) is 0 Å². The van der Waals surface area contributed by atoms with Crippen LogP contribution in [-0.4, -0.2) is 13.7 Å². The molecule has 1 atom stereocenters. The minimum Gasteiger partial charge on any atom is -0.494 e. The highest BCUT2D eigenvalue weighted by Crippen LogP contribution is 2.39. The molecule has 0 radical (unpaired) electrons. The lowest BCUT2D eigenvalue weighted by Gasteiger charge is -2.09. The SMILES string of the molecule is COc1ccc2cc(C3(C)CO3)ccc2c1F. The highest BCUT2D eigenvalue weighted by atomic mass is 19.1. The fraction of sp³-hybridized carbons (Fsp3) is 0.286. The van der Waals surface area contributed by atoms with Gasteiger partial charge in [0.2, 0.25) is 0 Å². The van der Waals surface area contributed by atoms with Crippen LogP contribution >= 0.6 is 0 Å². The van der Waals surface area contributed by atoms with Gasteiger partial charge in [-0.3, -0.25) is 0 Å². The zero-order valence-electron chi connectivity index (χ0n) is 9.79. The van der Waals surface area contributed by atoms with Crippen LogP contribution in [0, 0.1) is 5.82 Å². The van der Waals surface area contributed by atoms with Gasteiger partial charge in [0.15, 0.2) is 11.6 Å². The Balaban J connectivity index is 2.18. The largest absolute Gasteiger partial charge is 0.494 e. The fourth-order valence-electron chi connectivity index (χ4n) is 2.03. The normalized spacial score (nSPS) is 22.8. The number of benzene rings is 2. The molecule has 1 fully saturated rings. The lowest BCUT2D eigenvalue weighted by atomic mass is 9.98. The van der Waals surface area contributed by atoms with Gasteiger partial charge in [0, 0.05) is 5.39 Å². The van der Waals surface area contributed by atoms with Crippen LogP contribution in [0.5, 0.6) is 5.75 Å². The summed E-state index contributed by atoms with van der Waals surface area (Å²) in [5.41, 5.74) is 0.916. The second kappa shape index (κ2) is 3.44. The van der Waals surface area contributed by atoms with Crippen molar-refractivity contribution in [2.45, 2.75) is 12.5 Å². The molecule has 0 saturated carbocycles. The number of fused-ring (bicyclic) bond motifs is 1. The Morgan fingerprint density at radius 1 is 1.29 bits per heavy atom. The minimum atomic E-state index is -0.307. The fourth-order valence-corrected chi connectivity index (χ4v) is 2.03. The summed E-state index contributed by atoms with van der Waals surface area (Å²) >= 11 is 0. The van der Waals surface area contributed by atoms with E-state index in [9.17, 15) is 4.39 Å². The summed E-state index contributed by atoms with van der Waals surface area (Å²) in [6.45, 7) is 2.77. The second-order valence-corrected chi connectivity index (χ2v) is 4.54. The Kier molecular flexibility index (Phi) is 2.13. The van der Waals surface area contributed by atoms with E-state index >= 15 is 0 Å². The van der Waals surface area contributed by atoms with Crippen LogP contribution in [0.4, 0.5) is 4.39 Å². The molecule has 1 aliphatic heterocycles. The first-order valence-corrected chi connectivity index (χ1v) is 5.55. The van der Waals surface area contributed by atoms with E-state index < -0.39 is 0 Å². The monoisotopic (exact) mass is 232 g/mol. The third-order valence-electron chi connectivity index (χ3n) is 3.33. The van der Waals surface area contributed by atoms with Gasteiger partial charge in [-0.1, -0.05) is 18.2 Å². The summed E-state index contributed by atoms with van der Waals surface area (Å²) in [4.78, 5) is 0. The molecule has 1 heterocycles. The van der Waals surface area contributed by atoms with Gasteiger partial charge < -0.3 is 9.47 Å². The Morgan fingerprint density at radius 3 is 2.71 bits per heavy atom. The summed E-state index contributed by atoms with van der Waals surface area (Å²) in [6, 6.07) is 9.20. The van der Waals surface area contributed by atoms with Crippen LogP contribution in [0.2, 0.25) is 0 Å². The van der Waals surface area contributed by atoms with E-state index in [1.54, 1.807) is 12.1 Å². The van der Waals surface area contributed by atoms with Gasteiger partial charge in [0.05, 0.1) is 13.7 Å². The maximum atomic E-state index is 14.0. The van der Waals surface area contributed by atoms with Crippen molar-refractivity contribution in [3.05, 3.63) is 41.7 Å². The number of hydrogen-bond acceptors (Lipinski definition) is 2. The van der Waals surface area contributed by atoms with Crippen LogP contribution in [0.3, 0.4) is 0 Å². The molecule has 2 aromatic rings. The number of epoxide rings is 1. The Bertz CT molecular complexity index is 588. The average Bonchev–Trinajstić information content (AvgIpc) is 3.09. The summed E-state index contributed by atoms with van der Waals surface area (Å²) in [5.74, 6) is -0.0300. The van der Waals surface area contributed by atoms with E-state index in [-0.39, 0.29) is 17.2 Å². The third kappa shape index (κ3) is 1.58. The number of methoxy groups -OCH3 is 1. The zero-order valence-corrected chi connectivity index (χ0v) is 9.79. The van der Waals surface area contributed by atoms with Crippen LogP contribution in [0.1, 0.15) is 12.5 Å². The van der Waals surface area contributed by atoms with Crippen molar-refractivity contribution >= 4 is 10.8 Å². The van der Waals surface area contributed by atoms with Crippen molar-refractivity contribution in [2.75, 3.05) is 13.7 Å². The maximum Gasteiger partial charge on any atom is 0.172 e. The van der Waals surface area contributed by atoms with Gasteiger partial charge in [-0.25, -0.2) is 4.39 Å². The standard InChI is InChI=1S/C14H13FO2/c1-14(8-17-14)10-4-5-11-9(7-10)3-6-12(16-2)13(11)15/h3-7H,8H2,1-2H3. The Hall–Kier alpha value is -1.61. The van der Waals surface area contributed by atoms with Crippen molar-refractivity contribution in [3.63, 3.8) is 0 Å². The molecular formula is C14H13FO2. The summed E-state index contributed by atoms with van der Waals surface area (Å²) in [5, 5.41) is 1.45. The number of ether oxygens (including phenoxy) is 2. The van der Waals surface area contributed by atoms with Crippen molar-refractivity contribution in [2.24, 2.45) is 0 Å². The quantitative estimate of drug-likeness (QED) is 0.741. The van der Waals surface area contributed by atoms with Crippen molar-refractivity contribution < 1.29 is 13.9 Å². The molecule has 0 spiro atoms. The lowest BCUT2D eigenvalue weighted by molar-refractivity contribution is 0.329. The molecule has 1 aliphatic rings. The molecule has 1 saturated heterocycles. The Morgan fingerprint density at radius 2 is 2.06 bits per heavy atom. The second-order valence-electron chi connectivity index (χ2n) is 4.54. The molecule has 0 amide bonds. The van der Waals surface area contributed by atoms with E-state index in [0.717, 1.165) is 17.6 Å². The average molecular weight is 232 g/mol. The molecule has 3 heteroatoms. The maximum absolute atomic E-state index is 14.0. The van der Waals surface area contributed by atoms with Gasteiger partial charge in [-0.15, -0.1) is 0 Å². The van der Waals surface area contributed by atoms with Gasteiger partial charge >= 0.3 is 0 Å². The smallest absolute Gasteiger partial charge is 0.172 e. The highest BCUT2D eigenvalue weighted by Gasteiger charge is 2.41. The van der Waals surface area contributed by atoms with Crippen LogP contribution in [0.15, 0.2) is 30.3 Å². The number of halogens is 1. The Labute approximate surface area is 99.0 Å². The predicted molar refractivity (Wildman–Crippen MR) is 63.8 cm³/mol. The molecular weight excluding hydrogens is 219 g/mol. The summed E-state index contributed by atoms with van der Waals surface area (Å²) in [7, 11) is 1.47. The van der Waals surface area contributed by atoms with Gasteiger partial charge in [0.1, 0.15) is 5.60 Å². The first-order valence-electron chi connectivity index (χ1n) is 5.55. The highest BCUT2D eigenvalue weighted by molar-refractivity contribution is 5.85. The summed E-state index contributed by atoms with van der Waals surface area (Å²) in [6.07, 6.45) is 0. The van der Waals surface area contributed by atoms with Crippen LogP contribution in [-0.2, 0) is 10.3 Å². The molecule has 88 valence electrons. The first-order chi connectivity index (χ1) is 8.14. The molecule has 0 N–H and O–H groups in total. The molecule has 0 bridgehead atoms.